The Morgan fingerprint density at radius 3 is 2.56 bits per heavy atom. The summed E-state index contributed by atoms with van der Waals surface area (Å²) in [6, 6.07) is 7.73. The van der Waals surface area contributed by atoms with E-state index in [-0.39, 0.29) is 18.7 Å². The number of nitrogens with one attached hydrogen (secondary N) is 1. The molecule has 0 aromatic heterocycles. The predicted octanol–water partition coefficient (Wildman–Crippen LogP) is 2.57. The van der Waals surface area contributed by atoms with Crippen LogP contribution in [-0.2, 0) is 10.3 Å². The summed E-state index contributed by atoms with van der Waals surface area (Å²) in [7, 11) is 0. The van der Waals surface area contributed by atoms with Gasteiger partial charge in [-0.3, -0.25) is 4.99 Å². The standard InChI is InChI=1S/C19H29BrN4O3/c1-3-19(26,14-5-7-15(20)8-6-14)13-22-17(21)23-16-9-11-24(12-10-16)18(25)27-4-2/h5-8,16,26H,3-4,9-13H2,1-2H3,(H3,21,22,23). The zero-order valence-corrected chi connectivity index (χ0v) is 17.5. The number of aliphatic hydroxyl groups is 1. The minimum absolute atomic E-state index is 0.154. The summed E-state index contributed by atoms with van der Waals surface area (Å²) in [5.74, 6) is 0.313. The molecule has 1 aliphatic rings. The molecule has 1 aromatic carbocycles. The van der Waals surface area contributed by atoms with Crippen LogP contribution in [0.3, 0.4) is 0 Å². The molecule has 0 bridgehead atoms. The molecular weight excluding hydrogens is 412 g/mol. The van der Waals surface area contributed by atoms with Crippen molar-refractivity contribution in [1.82, 2.24) is 10.2 Å². The van der Waals surface area contributed by atoms with Gasteiger partial charge >= 0.3 is 6.09 Å². The SMILES string of the molecule is CCOC(=O)N1CCC(NC(N)=NCC(O)(CC)c2ccc(Br)cc2)CC1. The first-order valence-corrected chi connectivity index (χ1v) is 10.1. The lowest BCUT2D eigenvalue weighted by molar-refractivity contribution is 0.0422. The second-order valence-corrected chi connectivity index (χ2v) is 7.61. The van der Waals surface area contributed by atoms with Crippen LogP contribution in [0.2, 0.25) is 0 Å². The van der Waals surface area contributed by atoms with Crippen molar-refractivity contribution in [3.05, 3.63) is 34.3 Å². The summed E-state index contributed by atoms with van der Waals surface area (Å²) in [6.07, 6.45) is 1.82. The molecule has 0 spiro atoms. The highest BCUT2D eigenvalue weighted by molar-refractivity contribution is 9.10. The predicted molar refractivity (Wildman–Crippen MR) is 110 cm³/mol. The number of carbonyl (C=O) groups is 1. The van der Waals surface area contributed by atoms with Gasteiger partial charge in [0.25, 0.3) is 0 Å². The van der Waals surface area contributed by atoms with Crippen molar-refractivity contribution in [2.75, 3.05) is 26.2 Å². The number of halogens is 1. The first kappa shape index (κ1) is 21.5. The lowest BCUT2D eigenvalue weighted by Crippen LogP contribution is -2.48. The van der Waals surface area contributed by atoms with Crippen LogP contribution in [0.15, 0.2) is 33.7 Å². The van der Waals surface area contributed by atoms with Crippen LogP contribution < -0.4 is 11.1 Å². The monoisotopic (exact) mass is 440 g/mol. The van der Waals surface area contributed by atoms with E-state index in [1.807, 2.05) is 31.2 Å². The number of hydrogen-bond donors (Lipinski definition) is 3. The smallest absolute Gasteiger partial charge is 0.409 e. The number of nitrogens with zero attached hydrogens (tertiary/aromatic N) is 2. The molecule has 1 aromatic rings. The van der Waals surface area contributed by atoms with Crippen LogP contribution >= 0.6 is 15.9 Å². The van der Waals surface area contributed by atoms with Crippen LogP contribution in [0.5, 0.6) is 0 Å². The maximum atomic E-state index is 11.7. The Kier molecular flexibility index (Phi) is 7.91. The van der Waals surface area contributed by atoms with Crippen molar-refractivity contribution in [1.29, 1.82) is 0 Å². The molecule has 150 valence electrons. The number of rotatable bonds is 6. The zero-order chi connectivity index (χ0) is 19.9. The number of hydrogen-bond acceptors (Lipinski definition) is 4. The first-order valence-electron chi connectivity index (χ1n) is 9.34. The second kappa shape index (κ2) is 9.94. The molecule has 0 saturated carbocycles. The van der Waals surface area contributed by atoms with Crippen LogP contribution in [0.25, 0.3) is 0 Å². The Bertz CT molecular complexity index is 645. The number of benzene rings is 1. The zero-order valence-electron chi connectivity index (χ0n) is 15.9. The molecule has 1 saturated heterocycles. The molecule has 1 atom stereocenters. The highest BCUT2D eigenvalue weighted by Gasteiger charge is 2.27. The number of aliphatic imine (C=N–C) groups is 1. The molecule has 1 aliphatic heterocycles. The lowest BCUT2D eigenvalue weighted by atomic mass is 9.91. The topological polar surface area (TPSA) is 100 Å². The van der Waals surface area contributed by atoms with Gasteiger partial charge in [0.2, 0.25) is 0 Å². The first-order chi connectivity index (χ1) is 12.9. The Labute approximate surface area is 169 Å². The van der Waals surface area contributed by atoms with Crippen molar-refractivity contribution in [2.45, 2.75) is 44.8 Å². The third kappa shape index (κ3) is 6.10. The quantitative estimate of drug-likeness (QED) is 0.466. The van der Waals surface area contributed by atoms with E-state index in [1.54, 1.807) is 11.8 Å². The van der Waals surface area contributed by atoms with Gasteiger partial charge in [-0.25, -0.2) is 4.79 Å². The largest absolute Gasteiger partial charge is 0.450 e. The van der Waals surface area contributed by atoms with Crippen molar-refractivity contribution in [3.63, 3.8) is 0 Å². The molecule has 1 heterocycles. The molecule has 4 N–H and O–H groups in total. The molecular formula is C19H29BrN4O3. The second-order valence-electron chi connectivity index (χ2n) is 6.70. The van der Waals surface area contributed by atoms with Gasteiger partial charge in [-0.15, -0.1) is 0 Å². The number of likely N-dealkylation sites (tertiary alicyclic amines) is 1. The van der Waals surface area contributed by atoms with Gasteiger partial charge in [-0.1, -0.05) is 35.0 Å². The maximum absolute atomic E-state index is 11.7. The van der Waals surface area contributed by atoms with E-state index in [4.69, 9.17) is 10.5 Å². The summed E-state index contributed by atoms with van der Waals surface area (Å²) in [4.78, 5) is 17.8. The maximum Gasteiger partial charge on any atom is 0.409 e. The fraction of sp³-hybridized carbons (Fsp3) is 0.579. The van der Waals surface area contributed by atoms with Crippen molar-refractivity contribution < 1.29 is 14.6 Å². The number of nitrogens with two attached hydrogens (primary N) is 1. The summed E-state index contributed by atoms with van der Waals surface area (Å²) in [6.45, 7) is 5.55. The third-order valence-corrected chi connectivity index (χ3v) is 5.38. The van der Waals surface area contributed by atoms with E-state index >= 15 is 0 Å². The highest BCUT2D eigenvalue weighted by Crippen LogP contribution is 2.26. The van der Waals surface area contributed by atoms with Crippen molar-refractivity contribution >= 4 is 28.0 Å². The van der Waals surface area contributed by atoms with Gasteiger partial charge in [0.1, 0.15) is 5.60 Å². The molecule has 0 aliphatic carbocycles. The molecule has 1 amide bonds. The lowest BCUT2D eigenvalue weighted by Gasteiger charge is -2.32. The molecule has 8 heteroatoms. The number of amides is 1. The van der Waals surface area contributed by atoms with E-state index in [1.165, 1.54) is 0 Å². The van der Waals surface area contributed by atoms with Gasteiger partial charge < -0.3 is 25.8 Å². The Morgan fingerprint density at radius 2 is 2.00 bits per heavy atom. The van der Waals surface area contributed by atoms with Crippen LogP contribution in [-0.4, -0.2) is 54.3 Å². The van der Waals surface area contributed by atoms with Crippen LogP contribution in [0.1, 0.15) is 38.7 Å². The van der Waals surface area contributed by atoms with Gasteiger partial charge in [-0.05, 0) is 43.9 Å². The summed E-state index contributed by atoms with van der Waals surface area (Å²) in [5, 5.41) is 14.1. The average Bonchev–Trinajstić information content (AvgIpc) is 2.67. The van der Waals surface area contributed by atoms with E-state index < -0.39 is 5.60 Å². The Morgan fingerprint density at radius 1 is 1.37 bits per heavy atom. The summed E-state index contributed by atoms with van der Waals surface area (Å²) >= 11 is 3.40. The third-order valence-electron chi connectivity index (χ3n) is 4.85. The summed E-state index contributed by atoms with van der Waals surface area (Å²) in [5.41, 5.74) is 5.78. The van der Waals surface area contributed by atoms with Crippen LogP contribution in [0, 0.1) is 0 Å². The molecule has 7 nitrogen and oxygen atoms in total. The van der Waals surface area contributed by atoms with E-state index in [2.05, 4.69) is 26.2 Å². The fourth-order valence-corrected chi connectivity index (χ4v) is 3.32. The van der Waals surface area contributed by atoms with E-state index in [9.17, 15) is 9.90 Å². The minimum atomic E-state index is -1.06. The molecule has 1 unspecified atom stereocenters. The number of guanidine groups is 1. The van der Waals surface area contributed by atoms with E-state index in [0.717, 1.165) is 22.9 Å². The molecule has 2 rings (SSSR count). The molecule has 0 radical (unpaired) electrons. The normalized spacial score (nSPS) is 18.1. The van der Waals surface area contributed by atoms with Crippen LogP contribution in [0.4, 0.5) is 4.79 Å². The molecule has 27 heavy (non-hydrogen) atoms. The molecule has 1 fully saturated rings. The average molecular weight is 441 g/mol. The Balaban J connectivity index is 1.88. The van der Waals surface area contributed by atoms with Gasteiger partial charge in [0.15, 0.2) is 5.96 Å². The summed E-state index contributed by atoms with van der Waals surface area (Å²) < 4.78 is 5.98. The Hall–Kier alpha value is -1.80. The highest BCUT2D eigenvalue weighted by atomic mass is 79.9. The number of piperidine rings is 1. The number of ether oxygens (including phenoxy) is 1. The minimum Gasteiger partial charge on any atom is -0.450 e. The fourth-order valence-electron chi connectivity index (χ4n) is 3.06. The van der Waals surface area contributed by atoms with E-state index in [0.29, 0.717) is 32.1 Å². The van der Waals surface area contributed by atoms with Crippen molar-refractivity contribution in [2.24, 2.45) is 10.7 Å². The van der Waals surface area contributed by atoms with Gasteiger partial charge in [0.05, 0.1) is 13.2 Å². The van der Waals surface area contributed by atoms with Gasteiger partial charge in [0, 0.05) is 23.6 Å². The number of carbonyl (C=O) groups excluding carboxylic acids is 1. The van der Waals surface area contributed by atoms with Crippen molar-refractivity contribution in [3.8, 4) is 0 Å². The van der Waals surface area contributed by atoms with Gasteiger partial charge in [-0.2, -0.15) is 0 Å².